The Morgan fingerprint density at radius 1 is 1.45 bits per heavy atom. The molecule has 0 radical (unpaired) electrons. The minimum absolute atomic E-state index is 0.142. The molecule has 1 aromatic carbocycles. The lowest BCUT2D eigenvalue weighted by Crippen LogP contribution is -2.31. The third-order valence-electron chi connectivity index (χ3n) is 3.59. The molecule has 0 bridgehead atoms. The molecule has 1 fully saturated rings. The van der Waals surface area contributed by atoms with E-state index in [1.54, 1.807) is 12.5 Å². The van der Waals surface area contributed by atoms with Gasteiger partial charge in [0.1, 0.15) is 16.5 Å². The van der Waals surface area contributed by atoms with E-state index in [0.717, 1.165) is 35.8 Å². The number of benzene rings is 1. The van der Waals surface area contributed by atoms with Gasteiger partial charge in [0.25, 0.3) is 5.91 Å². The predicted molar refractivity (Wildman–Crippen MR) is 85.4 cm³/mol. The molecular weight excluding hydrogens is 300 g/mol. The minimum Gasteiger partial charge on any atom is -0.497 e. The lowest BCUT2D eigenvalue weighted by molar-refractivity contribution is 0.0854. The molecule has 0 spiro atoms. The molecule has 116 valence electrons. The number of ether oxygens (including phenoxy) is 2. The molecule has 1 aromatic heterocycles. The van der Waals surface area contributed by atoms with Gasteiger partial charge in [0.2, 0.25) is 0 Å². The van der Waals surface area contributed by atoms with Gasteiger partial charge in [0.15, 0.2) is 0 Å². The smallest absolute Gasteiger partial charge is 0.270 e. The zero-order valence-electron chi connectivity index (χ0n) is 12.4. The van der Waals surface area contributed by atoms with E-state index >= 15 is 0 Å². The number of thiazole rings is 1. The van der Waals surface area contributed by atoms with Crippen LogP contribution in [0.5, 0.6) is 5.75 Å². The highest BCUT2D eigenvalue weighted by Crippen LogP contribution is 2.25. The lowest BCUT2D eigenvalue weighted by Gasteiger charge is -2.09. The van der Waals surface area contributed by atoms with Crippen LogP contribution in [0.15, 0.2) is 29.6 Å². The summed E-state index contributed by atoms with van der Waals surface area (Å²) in [6.45, 7) is 1.34. The highest BCUT2D eigenvalue weighted by atomic mass is 32.1. The molecule has 1 aliphatic heterocycles. The summed E-state index contributed by atoms with van der Waals surface area (Å²) in [6, 6.07) is 7.64. The van der Waals surface area contributed by atoms with Crippen LogP contribution >= 0.6 is 11.3 Å². The van der Waals surface area contributed by atoms with Crippen molar-refractivity contribution in [2.75, 3.05) is 20.3 Å². The van der Waals surface area contributed by atoms with Gasteiger partial charge in [0.05, 0.1) is 13.2 Å². The van der Waals surface area contributed by atoms with Gasteiger partial charge in [-0.25, -0.2) is 4.98 Å². The third kappa shape index (κ3) is 3.45. The number of nitrogens with zero attached hydrogens (tertiary/aromatic N) is 1. The van der Waals surface area contributed by atoms with Gasteiger partial charge < -0.3 is 14.8 Å². The molecular formula is C16H18N2O3S. The summed E-state index contributed by atoms with van der Waals surface area (Å²) in [5.74, 6) is 0.654. The van der Waals surface area contributed by atoms with E-state index in [2.05, 4.69) is 10.3 Å². The zero-order valence-corrected chi connectivity index (χ0v) is 13.2. The summed E-state index contributed by atoms with van der Waals surface area (Å²) in [4.78, 5) is 16.5. The SMILES string of the molecule is COc1ccc(-c2nc(C(=O)NCC3CCCO3)cs2)cc1. The number of nitrogens with one attached hydrogen (secondary N) is 1. The van der Waals surface area contributed by atoms with E-state index in [4.69, 9.17) is 9.47 Å². The van der Waals surface area contributed by atoms with E-state index < -0.39 is 0 Å². The summed E-state index contributed by atoms with van der Waals surface area (Å²) in [6.07, 6.45) is 2.22. The lowest BCUT2D eigenvalue weighted by atomic mass is 10.2. The van der Waals surface area contributed by atoms with Gasteiger partial charge in [-0.05, 0) is 37.1 Å². The van der Waals surface area contributed by atoms with E-state index in [1.807, 2.05) is 24.3 Å². The Hall–Kier alpha value is -1.92. The van der Waals surface area contributed by atoms with Crippen LogP contribution in [-0.4, -0.2) is 37.3 Å². The Balaban J connectivity index is 1.63. The summed E-state index contributed by atoms with van der Waals surface area (Å²) in [5.41, 5.74) is 1.43. The van der Waals surface area contributed by atoms with Crippen molar-refractivity contribution in [2.45, 2.75) is 18.9 Å². The van der Waals surface area contributed by atoms with Crippen LogP contribution in [0.4, 0.5) is 0 Å². The second-order valence-corrected chi connectivity index (χ2v) is 5.97. The molecule has 0 saturated carbocycles. The standard InChI is InChI=1S/C16H18N2O3S/c1-20-12-6-4-11(5-7-12)16-18-14(10-22-16)15(19)17-9-13-3-2-8-21-13/h4-7,10,13H,2-3,8-9H2,1H3,(H,17,19). The minimum atomic E-state index is -0.147. The first-order valence-corrected chi connectivity index (χ1v) is 8.14. The Bertz CT molecular complexity index is 633. The molecule has 1 unspecified atom stereocenters. The van der Waals surface area contributed by atoms with Gasteiger partial charge in [-0.1, -0.05) is 0 Å². The number of methoxy groups -OCH3 is 1. The zero-order chi connectivity index (χ0) is 15.4. The number of carbonyl (C=O) groups excluding carboxylic acids is 1. The molecule has 1 aliphatic rings. The van der Waals surface area contributed by atoms with Gasteiger partial charge in [-0.3, -0.25) is 4.79 Å². The fourth-order valence-electron chi connectivity index (χ4n) is 2.35. The van der Waals surface area contributed by atoms with Gasteiger partial charge >= 0.3 is 0 Å². The summed E-state index contributed by atoms with van der Waals surface area (Å²) in [7, 11) is 1.63. The number of hydrogen-bond acceptors (Lipinski definition) is 5. The monoisotopic (exact) mass is 318 g/mol. The van der Waals surface area contributed by atoms with Crippen molar-refractivity contribution in [3.05, 3.63) is 35.3 Å². The van der Waals surface area contributed by atoms with E-state index in [9.17, 15) is 4.79 Å². The van der Waals surface area contributed by atoms with Crippen molar-refractivity contribution in [1.82, 2.24) is 10.3 Å². The quantitative estimate of drug-likeness (QED) is 0.921. The summed E-state index contributed by atoms with van der Waals surface area (Å²) in [5, 5.41) is 5.49. The molecule has 5 nitrogen and oxygen atoms in total. The van der Waals surface area contributed by atoms with Crippen LogP contribution in [0.2, 0.25) is 0 Å². The molecule has 0 aliphatic carbocycles. The van der Waals surface area contributed by atoms with Crippen LogP contribution in [0.25, 0.3) is 10.6 Å². The molecule has 1 amide bonds. The van der Waals surface area contributed by atoms with Crippen molar-refractivity contribution in [3.63, 3.8) is 0 Å². The summed E-state index contributed by atoms with van der Waals surface area (Å²) >= 11 is 1.46. The van der Waals surface area contributed by atoms with Crippen LogP contribution in [0, 0.1) is 0 Å². The predicted octanol–water partition coefficient (Wildman–Crippen LogP) is 2.73. The third-order valence-corrected chi connectivity index (χ3v) is 4.48. The first-order chi connectivity index (χ1) is 10.8. The molecule has 2 heterocycles. The Morgan fingerprint density at radius 2 is 2.27 bits per heavy atom. The fraction of sp³-hybridized carbons (Fsp3) is 0.375. The van der Waals surface area contributed by atoms with E-state index in [-0.39, 0.29) is 12.0 Å². The molecule has 22 heavy (non-hydrogen) atoms. The number of hydrogen-bond donors (Lipinski definition) is 1. The van der Waals surface area contributed by atoms with Crippen molar-refractivity contribution in [1.29, 1.82) is 0 Å². The van der Waals surface area contributed by atoms with Crippen molar-refractivity contribution < 1.29 is 14.3 Å². The Morgan fingerprint density at radius 3 is 2.95 bits per heavy atom. The van der Waals surface area contributed by atoms with Crippen molar-refractivity contribution in [3.8, 4) is 16.3 Å². The molecule has 1 atom stereocenters. The van der Waals surface area contributed by atoms with Crippen LogP contribution in [0.1, 0.15) is 23.3 Å². The number of rotatable bonds is 5. The molecule has 6 heteroatoms. The van der Waals surface area contributed by atoms with E-state index in [0.29, 0.717) is 12.2 Å². The largest absolute Gasteiger partial charge is 0.497 e. The maximum absolute atomic E-state index is 12.1. The first-order valence-electron chi connectivity index (χ1n) is 7.26. The van der Waals surface area contributed by atoms with Crippen molar-refractivity contribution in [2.24, 2.45) is 0 Å². The average Bonchev–Trinajstić information content (AvgIpc) is 3.24. The highest BCUT2D eigenvalue weighted by molar-refractivity contribution is 7.13. The maximum atomic E-state index is 12.1. The second kappa shape index (κ2) is 6.89. The number of carbonyl (C=O) groups is 1. The molecule has 1 N–H and O–H groups in total. The van der Waals surface area contributed by atoms with Crippen molar-refractivity contribution >= 4 is 17.2 Å². The van der Waals surface area contributed by atoms with E-state index in [1.165, 1.54) is 11.3 Å². The Labute approximate surface area is 133 Å². The highest BCUT2D eigenvalue weighted by Gasteiger charge is 2.18. The van der Waals surface area contributed by atoms with Crippen LogP contribution in [0.3, 0.4) is 0 Å². The van der Waals surface area contributed by atoms with Crippen LogP contribution in [-0.2, 0) is 4.74 Å². The topological polar surface area (TPSA) is 60.5 Å². The number of aromatic nitrogens is 1. The van der Waals surface area contributed by atoms with Gasteiger partial charge in [-0.15, -0.1) is 11.3 Å². The normalized spacial score (nSPS) is 17.4. The van der Waals surface area contributed by atoms with Crippen LogP contribution < -0.4 is 10.1 Å². The van der Waals surface area contributed by atoms with Gasteiger partial charge in [0, 0.05) is 24.1 Å². The molecule has 1 saturated heterocycles. The number of amides is 1. The maximum Gasteiger partial charge on any atom is 0.270 e. The second-order valence-electron chi connectivity index (χ2n) is 5.11. The molecule has 3 rings (SSSR count). The van der Waals surface area contributed by atoms with Gasteiger partial charge in [-0.2, -0.15) is 0 Å². The summed E-state index contributed by atoms with van der Waals surface area (Å²) < 4.78 is 10.6. The fourth-order valence-corrected chi connectivity index (χ4v) is 3.15. The first kappa shape index (κ1) is 15.0. The average molecular weight is 318 g/mol. The molecule has 2 aromatic rings. The Kier molecular flexibility index (Phi) is 4.70.